The lowest BCUT2D eigenvalue weighted by Crippen LogP contribution is -2.43. The van der Waals surface area contributed by atoms with Crippen LogP contribution in [0.15, 0.2) is 0 Å². The second kappa shape index (κ2) is 5.63. The zero-order chi connectivity index (χ0) is 12.2. The first-order valence-electron chi connectivity index (χ1n) is 5.51. The zero-order valence-corrected chi connectivity index (χ0v) is 10.3. The van der Waals surface area contributed by atoms with Gasteiger partial charge in [-0.15, -0.1) is 0 Å². The van der Waals surface area contributed by atoms with Crippen molar-refractivity contribution in [2.45, 2.75) is 43.4 Å². The summed E-state index contributed by atoms with van der Waals surface area (Å²) in [6, 6.07) is -0.281. The van der Waals surface area contributed by atoms with Crippen LogP contribution in [-0.4, -0.2) is 38.5 Å². The van der Waals surface area contributed by atoms with Crippen molar-refractivity contribution in [1.82, 2.24) is 0 Å². The molecule has 16 heavy (non-hydrogen) atoms. The average Bonchev–Trinajstić information content (AvgIpc) is 2.26. The van der Waals surface area contributed by atoms with E-state index >= 15 is 0 Å². The minimum atomic E-state index is -3.26. The molecule has 0 amide bonds. The maximum atomic E-state index is 11.9. The molecule has 1 aliphatic carbocycles. The van der Waals surface area contributed by atoms with Gasteiger partial charge in [0.2, 0.25) is 0 Å². The van der Waals surface area contributed by atoms with Crippen LogP contribution in [0.2, 0.25) is 0 Å². The SMILES string of the molecule is COC(=O)CCS(=O)(=O)C1CCCCC1N. The molecule has 1 aliphatic rings. The van der Waals surface area contributed by atoms with Crippen molar-refractivity contribution in [2.24, 2.45) is 5.73 Å². The summed E-state index contributed by atoms with van der Waals surface area (Å²) in [7, 11) is -2.01. The standard InChI is InChI=1S/C10H19NO4S/c1-15-10(12)6-7-16(13,14)9-5-3-2-4-8(9)11/h8-9H,2-7,11H2,1H3. The molecular weight excluding hydrogens is 230 g/mol. The lowest BCUT2D eigenvalue weighted by atomic mass is 9.96. The highest BCUT2D eigenvalue weighted by molar-refractivity contribution is 7.92. The Labute approximate surface area is 96.3 Å². The van der Waals surface area contributed by atoms with Crippen LogP contribution in [0.1, 0.15) is 32.1 Å². The molecule has 0 radical (unpaired) electrons. The van der Waals surface area contributed by atoms with E-state index in [4.69, 9.17) is 5.73 Å². The highest BCUT2D eigenvalue weighted by Crippen LogP contribution is 2.23. The third-order valence-corrected chi connectivity index (χ3v) is 5.31. The van der Waals surface area contributed by atoms with Gasteiger partial charge in [-0.3, -0.25) is 4.79 Å². The quantitative estimate of drug-likeness (QED) is 0.721. The average molecular weight is 249 g/mol. The molecule has 2 N–H and O–H groups in total. The van der Waals surface area contributed by atoms with Gasteiger partial charge in [0, 0.05) is 6.04 Å². The van der Waals surface area contributed by atoms with Crippen LogP contribution in [0, 0.1) is 0 Å². The number of carbonyl (C=O) groups excluding carboxylic acids is 1. The fourth-order valence-electron chi connectivity index (χ4n) is 2.05. The second-order valence-electron chi connectivity index (χ2n) is 4.18. The van der Waals surface area contributed by atoms with Crippen molar-refractivity contribution in [2.75, 3.05) is 12.9 Å². The number of sulfone groups is 1. The summed E-state index contributed by atoms with van der Waals surface area (Å²) in [4.78, 5) is 10.9. The van der Waals surface area contributed by atoms with Crippen molar-refractivity contribution < 1.29 is 17.9 Å². The number of methoxy groups -OCH3 is 1. The Hall–Kier alpha value is -0.620. The van der Waals surface area contributed by atoms with Crippen molar-refractivity contribution in [1.29, 1.82) is 0 Å². The molecule has 5 nitrogen and oxygen atoms in total. The Morgan fingerprint density at radius 1 is 1.38 bits per heavy atom. The van der Waals surface area contributed by atoms with Gasteiger partial charge in [-0.05, 0) is 12.8 Å². The van der Waals surface area contributed by atoms with E-state index in [1.165, 1.54) is 7.11 Å². The van der Waals surface area contributed by atoms with Gasteiger partial charge in [0.1, 0.15) is 0 Å². The second-order valence-corrected chi connectivity index (χ2v) is 6.52. The lowest BCUT2D eigenvalue weighted by Gasteiger charge is -2.28. The maximum absolute atomic E-state index is 11.9. The van der Waals surface area contributed by atoms with Crippen molar-refractivity contribution >= 4 is 15.8 Å². The van der Waals surface area contributed by atoms with Gasteiger partial charge in [-0.25, -0.2) is 8.42 Å². The molecule has 1 saturated carbocycles. The molecule has 0 aromatic carbocycles. The number of hydrogen-bond donors (Lipinski definition) is 1. The smallest absolute Gasteiger partial charge is 0.306 e. The number of hydrogen-bond acceptors (Lipinski definition) is 5. The van der Waals surface area contributed by atoms with Crippen LogP contribution in [-0.2, 0) is 19.4 Å². The molecule has 2 atom stereocenters. The summed E-state index contributed by atoms with van der Waals surface area (Å²) >= 11 is 0. The Bertz CT molecular complexity index is 339. The Morgan fingerprint density at radius 2 is 2.00 bits per heavy atom. The Balaban J connectivity index is 2.58. The first-order chi connectivity index (χ1) is 7.47. The molecule has 94 valence electrons. The molecule has 0 aliphatic heterocycles. The summed E-state index contributed by atoms with van der Waals surface area (Å²) in [6.07, 6.45) is 3.18. The Kier molecular flexibility index (Phi) is 4.73. The zero-order valence-electron chi connectivity index (χ0n) is 9.52. The fraction of sp³-hybridized carbons (Fsp3) is 0.900. The van der Waals surface area contributed by atoms with Crippen LogP contribution in [0.4, 0.5) is 0 Å². The van der Waals surface area contributed by atoms with Gasteiger partial charge in [-0.2, -0.15) is 0 Å². The van der Waals surface area contributed by atoms with E-state index in [2.05, 4.69) is 4.74 Å². The monoisotopic (exact) mass is 249 g/mol. The molecule has 0 aromatic heterocycles. The van der Waals surface area contributed by atoms with E-state index in [1.807, 2.05) is 0 Å². The minimum Gasteiger partial charge on any atom is -0.469 e. The molecule has 1 fully saturated rings. The maximum Gasteiger partial charge on any atom is 0.306 e. The minimum absolute atomic E-state index is 0.0813. The third kappa shape index (κ3) is 3.45. The van der Waals surface area contributed by atoms with E-state index in [1.54, 1.807) is 0 Å². The third-order valence-electron chi connectivity index (χ3n) is 3.03. The summed E-state index contributed by atoms with van der Waals surface area (Å²) in [6.45, 7) is 0. The topological polar surface area (TPSA) is 86.5 Å². The number of ether oxygens (including phenoxy) is 1. The summed E-state index contributed by atoms with van der Waals surface area (Å²) in [5.41, 5.74) is 5.81. The molecule has 1 rings (SSSR count). The van der Waals surface area contributed by atoms with Gasteiger partial charge in [0.05, 0.1) is 24.5 Å². The molecule has 0 bridgehead atoms. The first-order valence-corrected chi connectivity index (χ1v) is 7.23. The highest BCUT2D eigenvalue weighted by atomic mass is 32.2. The summed E-state index contributed by atoms with van der Waals surface area (Å²) < 4.78 is 28.3. The van der Waals surface area contributed by atoms with E-state index in [0.29, 0.717) is 6.42 Å². The van der Waals surface area contributed by atoms with Crippen LogP contribution < -0.4 is 5.73 Å². The molecule has 0 aromatic rings. The molecule has 6 heteroatoms. The molecule has 0 heterocycles. The molecule has 0 saturated heterocycles. The van der Waals surface area contributed by atoms with Crippen LogP contribution in [0.5, 0.6) is 0 Å². The number of carbonyl (C=O) groups is 1. The van der Waals surface area contributed by atoms with Crippen LogP contribution >= 0.6 is 0 Å². The number of rotatable bonds is 4. The highest BCUT2D eigenvalue weighted by Gasteiger charge is 2.33. The summed E-state index contributed by atoms with van der Waals surface area (Å²) in [5, 5.41) is -0.481. The fourth-order valence-corrected chi connectivity index (χ4v) is 4.00. The predicted molar refractivity (Wildman–Crippen MR) is 60.7 cm³/mol. The number of nitrogens with two attached hydrogens (primary N) is 1. The van der Waals surface area contributed by atoms with Crippen LogP contribution in [0.3, 0.4) is 0 Å². The first kappa shape index (κ1) is 13.4. The van der Waals surface area contributed by atoms with E-state index in [9.17, 15) is 13.2 Å². The van der Waals surface area contributed by atoms with E-state index in [-0.39, 0.29) is 18.2 Å². The Morgan fingerprint density at radius 3 is 2.56 bits per heavy atom. The van der Waals surface area contributed by atoms with Gasteiger partial charge in [0.15, 0.2) is 9.84 Å². The predicted octanol–water partition coefficient (Wildman–Crippen LogP) is 0.234. The molecular formula is C10H19NO4S. The van der Waals surface area contributed by atoms with Crippen LogP contribution in [0.25, 0.3) is 0 Å². The van der Waals surface area contributed by atoms with Crippen molar-refractivity contribution in [3.63, 3.8) is 0 Å². The van der Waals surface area contributed by atoms with Crippen molar-refractivity contribution in [3.05, 3.63) is 0 Å². The van der Waals surface area contributed by atoms with Gasteiger partial charge < -0.3 is 10.5 Å². The molecule has 0 spiro atoms. The van der Waals surface area contributed by atoms with E-state index < -0.39 is 21.1 Å². The number of esters is 1. The molecule has 2 unspecified atom stereocenters. The van der Waals surface area contributed by atoms with Crippen molar-refractivity contribution in [3.8, 4) is 0 Å². The van der Waals surface area contributed by atoms with Gasteiger partial charge in [-0.1, -0.05) is 12.8 Å². The summed E-state index contributed by atoms with van der Waals surface area (Å²) in [5.74, 6) is -0.647. The van der Waals surface area contributed by atoms with E-state index in [0.717, 1.165) is 19.3 Å². The van der Waals surface area contributed by atoms with Gasteiger partial charge >= 0.3 is 5.97 Å². The normalized spacial score (nSPS) is 26.4. The lowest BCUT2D eigenvalue weighted by molar-refractivity contribution is -0.140. The van der Waals surface area contributed by atoms with Gasteiger partial charge in [0.25, 0.3) is 0 Å². The largest absolute Gasteiger partial charge is 0.469 e.